The van der Waals surface area contributed by atoms with Gasteiger partial charge in [-0.2, -0.15) is 15.3 Å². The molecule has 32 heteroatoms. The zero-order valence-corrected chi connectivity index (χ0v) is 63.2. The van der Waals surface area contributed by atoms with Gasteiger partial charge in [-0.1, -0.05) is 0 Å². The van der Waals surface area contributed by atoms with Gasteiger partial charge in [-0.25, -0.2) is 65.9 Å². The SMILES string of the molecule is Cn1cccc1COc1cc(F)cc(Oc2ccc(-c3nn(C4CCOCC4)c4ncnc(N)c34)c(F)c2)c1.Cn1cccc1COc1cc(F)cc(Oc2ccc(-c3nn(C4CCOCC4)c4ncnc(N)c34)cc2)c1.Cn1cccc1COc1cc(F)cc(Oc2ccc(-c3nn(C4CCOCC4)c4ncnc(N)c34)cc2F)c1. The summed E-state index contributed by atoms with van der Waals surface area (Å²) in [4.78, 5) is 25.7. The number of nitrogen functional groups attached to an aromatic ring is 3. The largest absolute Gasteiger partial charge is 0.487 e. The molecule has 116 heavy (non-hydrogen) atoms. The highest BCUT2D eigenvalue weighted by molar-refractivity contribution is 6.00. The smallest absolute Gasteiger partial charge is 0.166 e. The fourth-order valence-corrected chi connectivity index (χ4v) is 14.1. The van der Waals surface area contributed by atoms with E-state index in [0.29, 0.717) is 125 Å². The lowest BCUT2D eigenvalue weighted by Gasteiger charge is -2.22. The van der Waals surface area contributed by atoms with Gasteiger partial charge < -0.3 is 73.5 Å². The Labute approximate surface area is 660 Å². The summed E-state index contributed by atoms with van der Waals surface area (Å²) in [5.41, 5.74) is 26.4. The zero-order valence-electron chi connectivity index (χ0n) is 63.2. The predicted octanol–water partition coefficient (Wildman–Crippen LogP) is 16.1. The van der Waals surface area contributed by atoms with Crippen LogP contribution in [0.25, 0.3) is 66.9 Å². The van der Waals surface area contributed by atoms with Crippen molar-refractivity contribution in [1.29, 1.82) is 0 Å². The molecule has 12 heterocycles. The number of ether oxygens (including phenoxy) is 9. The molecule has 0 radical (unpaired) electrons. The maximum absolute atomic E-state index is 15.5. The summed E-state index contributed by atoms with van der Waals surface area (Å²) >= 11 is 0. The van der Waals surface area contributed by atoms with Crippen LogP contribution in [0.5, 0.6) is 51.7 Å². The van der Waals surface area contributed by atoms with Crippen LogP contribution in [-0.2, 0) is 55.2 Å². The van der Waals surface area contributed by atoms with E-state index in [9.17, 15) is 13.2 Å². The summed E-state index contributed by atoms with van der Waals surface area (Å²) < 4.78 is 136. The van der Waals surface area contributed by atoms with Gasteiger partial charge in [0, 0.05) is 157 Å². The summed E-state index contributed by atoms with van der Waals surface area (Å²) in [5, 5.41) is 16.2. The van der Waals surface area contributed by atoms with Crippen molar-refractivity contribution >= 4 is 50.6 Å². The third-order valence-electron chi connectivity index (χ3n) is 20.2. The lowest BCUT2D eigenvalue weighted by molar-refractivity contribution is 0.0673. The predicted molar refractivity (Wildman–Crippen MR) is 421 cm³/mol. The van der Waals surface area contributed by atoms with E-state index in [-0.39, 0.29) is 77.3 Å². The molecular formula is C84H79F5N18O9. The van der Waals surface area contributed by atoms with Gasteiger partial charge in [0.05, 0.1) is 51.4 Å². The second-order valence-electron chi connectivity index (χ2n) is 28.0. The minimum atomic E-state index is -0.646. The van der Waals surface area contributed by atoms with Gasteiger partial charge in [-0.15, -0.1) is 0 Å². The molecule has 594 valence electrons. The number of anilines is 3. The van der Waals surface area contributed by atoms with Gasteiger partial charge >= 0.3 is 0 Å². The molecule has 18 rings (SSSR count). The highest BCUT2D eigenvalue weighted by atomic mass is 19.1. The van der Waals surface area contributed by atoms with Crippen molar-refractivity contribution in [1.82, 2.24) is 72.9 Å². The molecule has 9 aromatic heterocycles. The van der Waals surface area contributed by atoms with E-state index in [4.69, 9.17) is 75.1 Å². The summed E-state index contributed by atoms with van der Waals surface area (Å²) in [5.74, 6) is 0.328. The first-order chi connectivity index (χ1) is 56.5. The number of nitrogens with zero attached hydrogens (tertiary/aromatic N) is 15. The molecule has 0 bridgehead atoms. The monoisotopic (exact) mass is 1580 g/mol. The minimum Gasteiger partial charge on any atom is -0.487 e. The summed E-state index contributed by atoms with van der Waals surface area (Å²) in [6, 6.07) is 40.4. The molecule has 0 aliphatic carbocycles. The van der Waals surface area contributed by atoms with Gasteiger partial charge in [0.15, 0.2) is 28.5 Å². The number of rotatable bonds is 21. The maximum atomic E-state index is 15.5. The number of benzene rings is 6. The Balaban J connectivity index is 0.000000131. The van der Waals surface area contributed by atoms with Crippen molar-refractivity contribution < 1.29 is 64.6 Å². The Hall–Kier alpha value is -13.5. The molecule has 6 aromatic carbocycles. The van der Waals surface area contributed by atoms with Crippen molar-refractivity contribution in [2.24, 2.45) is 21.1 Å². The molecule has 3 aliphatic heterocycles. The Morgan fingerprint density at radius 3 is 1.12 bits per heavy atom. The average Bonchev–Trinajstić information content (AvgIpc) is 1.62. The number of hydrogen-bond donors (Lipinski definition) is 3. The van der Waals surface area contributed by atoms with Crippen LogP contribution in [0.1, 0.15) is 73.7 Å². The fraction of sp³-hybridized carbons (Fsp3) is 0.250. The van der Waals surface area contributed by atoms with E-state index in [1.165, 1.54) is 79.6 Å². The Bertz CT molecular complexity index is 6010. The van der Waals surface area contributed by atoms with Crippen LogP contribution < -0.4 is 45.6 Å². The van der Waals surface area contributed by atoms with Gasteiger partial charge in [0.2, 0.25) is 0 Å². The Kier molecular flexibility index (Phi) is 22.5. The van der Waals surface area contributed by atoms with E-state index in [1.807, 2.05) is 123 Å². The van der Waals surface area contributed by atoms with Crippen LogP contribution in [0.15, 0.2) is 189 Å². The molecule has 0 unspecified atom stereocenters. The summed E-state index contributed by atoms with van der Waals surface area (Å²) in [7, 11) is 5.73. The number of aryl methyl sites for hydroxylation is 3. The number of aromatic nitrogens is 15. The van der Waals surface area contributed by atoms with Crippen LogP contribution >= 0.6 is 0 Å². The molecule has 0 amide bonds. The summed E-state index contributed by atoms with van der Waals surface area (Å²) in [6.07, 6.45) is 14.8. The third-order valence-corrected chi connectivity index (χ3v) is 20.2. The fourth-order valence-electron chi connectivity index (χ4n) is 14.1. The first-order valence-corrected chi connectivity index (χ1v) is 37.5. The van der Waals surface area contributed by atoms with Crippen LogP contribution in [0.3, 0.4) is 0 Å². The van der Waals surface area contributed by atoms with E-state index >= 15 is 8.78 Å². The normalized spacial score (nSPS) is 14.1. The van der Waals surface area contributed by atoms with Crippen molar-refractivity contribution in [3.05, 3.63) is 235 Å². The van der Waals surface area contributed by atoms with Gasteiger partial charge in [-0.05, 0) is 130 Å². The lowest BCUT2D eigenvalue weighted by Crippen LogP contribution is -2.20. The summed E-state index contributed by atoms with van der Waals surface area (Å²) in [6.45, 7) is 4.68. The van der Waals surface area contributed by atoms with Crippen LogP contribution in [0.4, 0.5) is 39.4 Å². The number of hydrogen-bond acceptors (Lipinski definition) is 21. The molecule has 6 N–H and O–H groups in total. The third kappa shape index (κ3) is 17.1. The van der Waals surface area contributed by atoms with E-state index in [1.54, 1.807) is 35.0 Å². The maximum Gasteiger partial charge on any atom is 0.166 e. The molecule has 3 saturated heterocycles. The molecule has 15 aromatic rings. The standard InChI is InChI=1S/2C28H26F2N6O3.C28H27FN6O3/c1-35-8-2-3-19(35)15-38-21-11-17(29)12-22(13-21)39-20-4-5-23(24(30)14-20)26-25-27(31)32-16-33-28(25)36(34-26)18-6-9-37-10-7-18;1-35-8-2-3-20(35)15-38-21-12-18(29)13-22(14-21)39-24-5-4-17(11-23(24)30)26-25-27(31)32-16-33-28(25)36(34-26)19-6-9-37-10-7-19;1-34-10-2-3-21(34)16-37-23-13-19(29)14-24(15-23)38-22-6-4-18(5-7-22)26-25-27(30)31-17-32-28(25)35(33-26)20-8-11-36-12-9-20/h2-5,8,11-14,16,18H,6-7,9-10,15H2,1H3,(H2,31,32,33);2-5,8,11-14,16,19H,6-7,9-10,15H2,1H3,(H2,31,32,33);2-7,10,13-15,17,20H,8-9,11-12,16H2,1H3,(H2,30,31,32). The van der Waals surface area contributed by atoms with Crippen LogP contribution in [0, 0.1) is 29.1 Å². The molecule has 3 aliphatic rings. The molecule has 0 atom stereocenters. The van der Waals surface area contributed by atoms with E-state index in [2.05, 4.69) is 29.9 Å². The first-order valence-electron chi connectivity index (χ1n) is 37.5. The van der Waals surface area contributed by atoms with Crippen molar-refractivity contribution in [2.75, 3.05) is 56.8 Å². The molecular weight excluding hydrogens is 1500 g/mol. The molecule has 0 spiro atoms. The van der Waals surface area contributed by atoms with Gasteiger partial charge in [0.1, 0.15) is 143 Å². The molecule has 0 saturated carbocycles. The second-order valence-corrected chi connectivity index (χ2v) is 28.0. The Morgan fingerprint density at radius 2 is 0.724 bits per heavy atom. The van der Waals surface area contributed by atoms with E-state index < -0.39 is 29.1 Å². The van der Waals surface area contributed by atoms with Crippen molar-refractivity contribution in [2.45, 2.75) is 76.5 Å². The van der Waals surface area contributed by atoms with Crippen LogP contribution in [-0.4, -0.2) is 113 Å². The quantitative estimate of drug-likeness (QED) is 0.0563. The number of fused-ring (bicyclic) bond motifs is 3. The average molecular weight is 1580 g/mol. The highest BCUT2D eigenvalue weighted by Gasteiger charge is 2.29. The number of nitrogens with two attached hydrogens (primary N) is 3. The lowest BCUT2D eigenvalue weighted by atomic mass is 10.1. The van der Waals surface area contributed by atoms with Crippen molar-refractivity contribution in [3.63, 3.8) is 0 Å². The van der Waals surface area contributed by atoms with Crippen molar-refractivity contribution in [3.8, 4) is 85.5 Å². The molecule has 27 nitrogen and oxygen atoms in total. The second kappa shape index (κ2) is 34.1. The highest BCUT2D eigenvalue weighted by Crippen LogP contribution is 2.42. The van der Waals surface area contributed by atoms with Gasteiger partial charge in [-0.3, -0.25) is 0 Å². The Morgan fingerprint density at radius 1 is 0.362 bits per heavy atom. The minimum absolute atomic E-state index is 0.0565. The zero-order chi connectivity index (χ0) is 79.9. The topological polar surface area (TPSA) is 307 Å². The number of halogens is 5. The van der Waals surface area contributed by atoms with Gasteiger partial charge in [0.25, 0.3) is 0 Å². The molecule has 3 fully saturated rings. The van der Waals surface area contributed by atoms with Crippen LogP contribution in [0.2, 0.25) is 0 Å². The van der Waals surface area contributed by atoms with E-state index in [0.717, 1.165) is 66.6 Å². The first kappa shape index (κ1) is 76.5.